The fourth-order valence-electron chi connectivity index (χ4n) is 1.06. The van der Waals surface area contributed by atoms with E-state index in [-0.39, 0.29) is 12.8 Å². The maximum atomic E-state index is 11.3. The maximum Gasteiger partial charge on any atom is 0.311 e. The molecule has 1 aromatic heterocycles. The van der Waals surface area contributed by atoms with Gasteiger partial charge in [-0.25, -0.2) is 9.67 Å². The lowest BCUT2D eigenvalue weighted by Crippen LogP contribution is -2.16. The van der Waals surface area contributed by atoms with Gasteiger partial charge in [-0.3, -0.25) is 9.59 Å². The van der Waals surface area contributed by atoms with Crippen molar-refractivity contribution in [2.24, 2.45) is 0 Å². The zero-order valence-corrected chi connectivity index (χ0v) is 9.41. The van der Waals surface area contributed by atoms with E-state index in [2.05, 4.69) is 21.4 Å². The lowest BCUT2D eigenvalue weighted by molar-refractivity contribution is -0.155. The molecule has 0 aliphatic heterocycles. The van der Waals surface area contributed by atoms with E-state index in [1.165, 1.54) is 17.3 Å². The molecule has 1 atom stereocenters. The molecule has 1 unspecified atom stereocenters. The molecule has 0 amide bonds. The Balaban J connectivity index is 2.30. The zero-order valence-electron chi connectivity index (χ0n) is 9.41. The molecule has 1 aromatic rings. The summed E-state index contributed by atoms with van der Waals surface area (Å²) in [5.74, 6) is -1.03. The number of rotatable bonds is 6. The third-order valence-corrected chi connectivity index (χ3v) is 1.86. The molecule has 0 radical (unpaired) electrons. The van der Waals surface area contributed by atoms with Crippen molar-refractivity contribution >= 4 is 11.9 Å². The van der Waals surface area contributed by atoms with E-state index in [0.717, 1.165) is 6.26 Å². The lowest BCUT2D eigenvalue weighted by atomic mass is 10.3. The van der Waals surface area contributed by atoms with Crippen LogP contribution in [0.15, 0.2) is 25.5 Å². The molecule has 0 spiro atoms. The summed E-state index contributed by atoms with van der Waals surface area (Å²) >= 11 is 0. The minimum absolute atomic E-state index is 0.0467. The van der Waals surface area contributed by atoms with Crippen LogP contribution >= 0.6 is 0 Å². The topological polar surface area (TPSA) is 83.3 Å². The average molecular weight is 239 g/mol. The molecule has 17 heavy (non-hydrogen) atoms. The molecular formula is C10H13N3O4. The second-order valence-electron chi connectivity index (χ2n) is 3.12. The van der Waals surface area contributed by atoms with Gasteiger partial charge in [-0.2, -0.15) is 5.10 Å². The monoisotopic (exact) mass is 239 g/mol. The van der Waals surface area contributed by atoms with Gasteiger partial charge in [0.15, 0.2) is 6.23 Å². The molecule has 1 heterocycles. The minimum Gasteiger partial charge on any atom is -0.440 e. The molecule has 0 aliphatic rings. The van der Waals surface area contributed by atoms with Crippen LogP contribution in [0.5, 0.6) is 0 Å². The zero-order chi connectivity index (χ0) is 12.7. The number of esters is 2. The molecule has 0 fully saturated rings. The number of aromatic nitrogens is 3. The van der Waals surface area contributed by atoms with E-state index in [4.69, 9.17) is 4.74 Å². The summed E-state index contributed by atoms with van der Waals surface area (Å²) < 4.78 is 10.9. The molecule has 0 saturated carbocycles. The van der Waals surface area contributed by atoms with Gasteiger partial charge in [0.2, 0.25) is 0 Å². The van der Waals surface area contributed by atoms with E-state index in [1.807, 2.05) is 0 Å². The van der Waals surface area contributed by atoms with Gasteiger partial charge in [0, 0.05) is 0 Å². The van der Waals surface area contributed by atoms with Crippen LogP contribution < -0.4 is 0 Å². The predicted octanol–water partition coefficient (Wildman–Crippen LogP) is 0.807. The van der Waals surface area contributed by atoms with Crippen molar-refractivity contribution in [1.82, 2.24) is 14.8 Å². The first-order valence-electron chi connectivity index (χ1n) is 4.97. The lowest BCUT2D eigenvalue weighted by Gasteiger charge is -2.12. The summed E-state index contributed by atoms with van der Waals surface area (Å²) in [6, 6.07) is 0. The first-order chi connectivity index (χ1) is 8.13. The third kappa shape index (κ3) is 4.45. The molecule has 0 aliphatic carbocycles. The SMILES string of the molecule is C=COC(=O)CCC(=O)OC(C)n1cncn1. The van der Waals surface area contributed by atoms with Crippen LogP contribution in [-0.2, 0) is 19.1 Å². The van der Waals surface area contributed by atoms with Gasteiger partial charge in [-0.1, -0.05) is 6.58 Å². The number of ether oxygens (including phenoxy) is 2. The summed E-state index contributed by atoms with van der Waals surface area (Å²) in [4.78, 5) is 26.0. The number of hydrogen-bond donors (Lipinski definition) is 0. The number of carbonyl (C=O) groups excluding carboxylic acids is 2. The van der Waals surface area contributed by atoms with Gasteiger partial charge in [0.25, 0.3) is 0 Å². The molecule has 92 valence electrons. The number of nitrogens with zero attached hydrogens (tertiary/aromatic N) is 3. The highest BCUT2D eigenvalue weighted by Crippen LogP contribution is 2.07. The highest BCUT2D eigenvalue weighted by atomic mass is 16.6. The minimum atomic E-state index is -0.555. The Labute approximate surface area is 98.0 Å². The fraction of sp³-hybridized carbons (Fsp3) is 0.400. The standard InChI is InChI=1S/C10H13N3O4/c1-3-16-9(14)4-5-10(15)17-8(2)13-7-11-6-12-13/h3,6-8H,1,4-5H2,2H3. The average Bonchev–Trinajstić information content (AvgIpc) is 2.80. The van der Waals surface area contributed by atoms with Gasteiger partial charge in [0.1, 0.15) is 12.7 Å². The van der Waals surface area contributed by atoms with Gasteiger partial charge in [0.05, 0.1) is 19.1 Å². The predicted molar refractivity (Wildman–Crippen MR) is 56.3 cm³/mol. The van der Waals surface area contributed by atoms with Gasteiger partial charge in [-0.05, 0) is 6.92 Å². The summed E-state index contributed by atoms with van der Waals surface area (Å²) in [5, 5.41) is 3.82. The molecule has 7 heteroatoms. The second-order valence-corrected chi connectivity index (χ2v) is 3.12. The van der Waals surface area contributed by atoms with Crippen molar-refractivity contribution in [1.29, 1.82) is 0 Å². The van der Waals surface area contributed by atoms with Crippen molar-refractivity contribution in [3.05, 3.63) is 25.5 Å². The van der Waals surface area contributed by atoms with Gasteiger partial charge >= 0.3 is 11.9 Å². The largest absolute Gasteiger partial charge is 0.440 e. The maximum absolute atomic E-state index is 11.3. The Kier molecular flexibility index (Phi) is 4.86. The van der Waals surface area contributed by atoms with Crippen molar-refractivity contribution in [2.45, 2.75) is 26.0 Å². The van der Waals surface area contributed by atoms with Crippen molar-refractivity contribution in [3.63, 3.8) is 0 Å². The Hall–Kier alpha value is -2.18. The molecule has 7 nitrogen and oxygen atoms in total. The van der Waals surface area contributed by atoms with Crippen LogP contribution in [0, 0.1) is 0 Å². The van der Waals surface area contributed by atoms with Crippen LogP contribution in [-0.4, -0.2) is 26.7 Å². The Morgan fingerprint density at radius 3 is 2.76 bits per heavy atom. The normalized spacial score (nSPS) is 11.6. The number of hydrogen-bond acceptors (Lipinski definition) is 6. The Bertz CT molecular complexity index is 388. The van der Waals surface area contributed by atoms with E-state index >= 15 is 0 Å². The van der Waals surface area contributed by atoms with E-state index in [9.17, 15) is 9.59 Å². The van der Waals surface area contributed by atoms with E-state index < -0.39 is 18.2 Å². The first kappa shape index (κ1) is 12.9. The van der Waals surface area contributed by atoms with Crippen molar-refractivity contribution in [2.75, 3.05) is 0 Å². The quantitative estimate of drug-likeness (QED) is 0.539. The van der Waals surface area contributed by atoms with E-state index in [1.54, 1.807) is 6.92 Å². The Morgan fingerprint density at radius 2 is 2.18 bits per heavy atom. The Morgan fingerprint density at radius 1 is 1.47 bits per heavy atom. The summed E-state index contributed by atoms with van der Waals surface area (Å²) in [5.41, 5.74) is 0. The smallest absolute Gasteiger partial charge is 0.311 e. The van der Waals surface area contributed by atoms with Gasteiger partial charge < -0.3 is 9.47 Å². The molecule has 0 bridgehead atoms. The molecule has 0 saturated heterocycles. The van der Waals surface area contributed by atoms with Crippen molar-refractivity contribution < 1.29 is 19.1 Å². The first-order valence-corrected chi connectivity index (χ1v) is 4.97. The fourth-order valence-corrected chi connectivity index (χ4v) is 1.06. The van der Waals surface area contributed by atoms with Crippen LogP contribution in [0.1, 0.15) is 26.0 Å². The highest BCUT2D eigenvalue weighted by Gasteiger charge is 2.13. The van der Waals surface area contributed by atoms with Crippen LogP contribution in [0.25, 0.3) is 0 Å². The van der Waals surface area contributed by atoms with Crippen LogP contribution in [0.2, 0.25) is 0 Å². The van der Waals surface area contributed by atoms with Crippen LogP contribution in [0.4, 0.5) is 0 Å². The van der Waals surface area contributed by atoms with Gasteiger partial charge in [-0.15, -0.1) is 0 Å². The highest BCUT2D eigenvalue weighted by molar-refractivity contribution is 5.77. The molecule has 0 N–H and O–H groups in total. The summed E-state index contributed by atoms with van der Waals surface area (Å²) in [7, 11) is 0. The summed E-state index contributed by atoms with van der Waals surface area (Å²) in [6.45, 7) is 4.88. The molecule has 1 rings (SSSR count). The second kappa shape index (κ2) is 6.41. The molecular weight excluding hydrogens is 226 g/mol. The van der Waals surface area contributed by atoms with Crippen LogP contribution in [0.3, 0.4) is 0 Å². The summed E-state index contributed by atoms with van der Waals surface area (Å²) in [6.07, 6.45) is 3.14. The van der Waals surface area contributed by atoms with E-state index in [0.29, 0.717) is 0 Å². The number of carbonyl (C=O) groups is 2. The third-order valence-electron chi connectivity index (χ3n) is 1.86. The van der Waals surface area contributed by atoms with Crippen molar-refractivity contribution in [3.8, 4) is 0 Å². The molecule has 0 aromatic carbocycles.